The van der Waals surface area contributed by atoms with E-state index >= 15 is 0 Å². The van der Waals surface area contributed by atoms with Gasteiger partial charge in [-0.1, -0.05) is 5.16 Å². The van der Waals surface area contributed by atoms with E-state index in [1.54, 1.807) is 6.92 Å². The molecule has 0 saturated carbocycles. The summed E-state index contributed by atoms with van der Waals surface area (Å²) >= 11 is 0. The summed E-state index contributed by atoms with van der Waals surface area (Å²) in [4.78, 5) is 3.96. The van der Waals surface area contributed by atoms with Crippen molar-refractivity contribution < 1.29 is 18.0 Å². The number of aryl methyl sites for hydroxylation is 1. The Morgan fingerprint density at radius 1 is 1.41 bits per heavy atom. The lowest BCUT2D eigenvalue weighted by atomic mass is 10.4. The van der Waals surface area contributed by atoms with E-state index in [0.717, 1.165) is 0 Å². The molecule has 1 heterocycles. The molecule has 7 nitrogen and oxygen atoms in total. The Labute approximate surface area is 100 Å². The van der Waals surface area contributed by atoms with Gasteiger partial charge in [0.15, 0.2) is 5.82 Å². The number of aliphatic hydroxyl groups excluding tert-OH is 1. The van der Waals surface area contributed by atoms with Crippen LogP contribution in [0.1, 0.15) is 24.6 Å². The molecule has 0 radical (unpaired) electrons. The van der Waals surface area contributed by atoms with Crippen molar-refractivity contribution in [3.8, 4) is 0 Å². The molecule has 17 heavy (non-hydrogen) atoms. The lowest BCUT2D eigenvalue weighted by Crippen LogP contribution is -2.28. The van der Waals surface area contributed by atoms with E-state index in [2.05, 4.69) is 14.9 Å². The van der Waals surface area contributed by atoms with Crippen molar-refractivity contribution >= 4 is 10.0 Å². The number of nitrogens with zero attached hydrogens (tertiary/aromatic N) is 2. The van der Waals surface area contributed by atoms with Crippen LogP contribution in [-0.2, 0) is 16.4 Å². The molecule has 0 aromatic carbocycles. The Balaban J connectivity index is 2.25. The zero-order chi connectivity index (χ0) is 12.7. The molecule has 2 N–H and O–H groups in total. The lowest BCUT2D eigenvalue weighted by molar-refractivity contribution is 0.287. The Bertz CT molecular complexity index is 429. The zero-order valence-corrected chi connectivity index (χ0v) is 10.5. The van der Waals surface area contributed by atoms with Gasteiger partial charge in [-0.15, -0.1) is 0 Å². The number of aromatic nitrogens is 2. The van der Waals surface area contributed by atoms with Gasteiger partial charge in [0.25, 0.3) is 0 Å². The molecule has 0 aliphatic carbocycles. The molecule has 0 aliphatic rings. The number of rotatable bonds is 8. The van der Waals surface area contributed by atoms with E-state index < -0.39 is 10.0 Å². The van der Waals surface area contributed by atoms with Gasteiger partial charge in [0.05, 0.1) is 5.75 Å². The molecule has 0 saturated heterocycles. The molecule has 0 fully saturated rings. The number of aliphatic hydroxyl groups is 1. The summed E-state index contributed by atoms with van der Waals surface area (Å²) in [5.41, 5.74) is 0. The van der Waals surface area contributed by atoms with E-state index in [1.165, 1.54) is 0 Å². The third-order valence-electron chi connectivity index (χ3n) is 2.05. The van der Waals surface area contributed by atoms with Gasteiger partial charge in [0.1, 0.15) is 0 Å². The van der Waals surface area contributed by atoms with Crippen molar-refractivity contribution in [3.05, 3.63) is 11.7 Å². The van der Waals surface area contributed by atoms with Crippen molar-refractivity contribution in [1.29, 1.82) is 0 Å². The molecule has 98 valence electrons. The molecule has 1 rings (SSSR count). The summed E-state index contributed by atoms with van der Waals surface area (Å²) in [6.45, 7) is 1.95. The minimum atomic E-state index is -3.27. The molecular formula is C9H17N3O4S. The molecule has 0 spiro atoms. The van der Waals surface area contributed by atoms with E-state index in [0.29, 0.717) is 31.0 Å². The molecule has 0 aliphatic heterocycles. The van der Waals surface area contributed by atoms with Crippen LogP contribution in [0.5, 0.6) is 0 Å². The third kappa shape index (κ3) is 5.76. The summed E-state index contributed by atoms with van der Waals surface area (Å²) in [6, 6.07) is 0. The van der Waals surface area contributed by atoms with Crippen molar-refractivity contribution in [2.24, 2.45) is 0 Å². The number of unbranched alkanes of at least 4 members (excludes halogenated alkanes) is 1. The average molecular weight is 263 g/mol. The molecule has 1 aromatic heterocycles. The van der Waals surface area contributed by atoms with Crippen LogP contribution in [0.4, 0.5) is 0 Å². The van der Waals surface area contributed by atoms with E-state index in [4.69, 9.17) is 9.63 Å². The van der Waals surface area contributed by atoms with Gasteiger partial charge in [-0.3, -0.25) is 0 Å². The summed E-state index contributed by atoms with van der Waals surface area (Å²) in [5, 5.41) is 12.1. The maximum absolute atomic E-state index is 11.4. The highest BCUT2D eigenvalue weighted by Gasteiger charge is 2.10. The first kappa shape index (κ1) is 14.1. The summed E-state index contributed by atoms with van der Waals surface area (Å²) in [5.74, 6) is 0.975. The van der Waals surface area contributed by atoms with E-state index in [-0.39, 0.29) is 18.9 Å². The molecule has 0 bridgehead atoms. The molecule has 0 atom stereocenters. The fraction of sp³-hybridized carbons (Fsp3) is 0.778. The van der Waals surface area contributed by atoms with Gasteiger partial charge in [0, 0.05) is 19.6 Å². The first-order valence-corrected chi connectivity index (χ1v) is 7.06. The Hall–Kier alpha value is -0.990. The van der Waals surface area contributed by atoms with Gasteiger partial charge in [-0.2, -0.15) is 4.98 Å². The van der Waals surface area contributed by atoms with Gasteiger partial charge >= 0.3 is 0 Å². The van der Waals surface area contributed by atoms with Gasteiger partial charge < -0.3 is 9.63 Å². The fourth-order valence-corrected chi connectivity index (χ4v) is 2.37. The minimum Gasteiger partial charge on any atom is -0.396 e. The average Bonchev–Trinajstić information content (AvgIpc) is 2.64. The number of nitrogens with one attached hydrogen (secondary N) is 1. The highest BCUT2D eigenvalue weighted by molar-refractivity contribution is 7.89. The first-order chi connectivity index (χ1) is 8.03. The smallest absolute Gasteiger partial charge is 0.227 e. The lowest BCUT2D eigenvalue weighted by Gasteiger charge is -2.04. The quantitative estimate of drug-likeness (QED) is 0.619. The van der Waals surface area contributed by atoms with Crippen LogP contribution < -0.4 is 4.72 Å². The van der Waals surface area contributed by atoms with Crippen molar-refractivity contribution in [2.75, 3.05) is 18.9 Å². The predicted molar refractivity (Wildman–Crippen MR) is 60.8 cm³/mol. The molecule has 1 aromatic rings. The van der Waals surface area contributed by atoms with Crippen LogP contribution in [0.2, 0.25) is 0 Å². The second-order valence-electron chi connectivity index (χ2n) is 3.63. The SMILES string of the molecule is Cc1noc(CCNS(=O)(=O)CCCCO)n1. The zero-order valence-electron chi connectivity index (χ0n) is 9.72. The molecule has 0 unspecified atom stereocenters. The van der Waals surface area contributed by atoms with Gasteiger partial charge in [-0.05, 0) is 19.8 Å². The van der Waals surface area contributed by atoms with Crippen LogP contribution >= 0.6 is 0 Å². The van der Waals surface area contributed by atoms with Crippen molar-refractivity contribution in [1.82, 2.24) is 14.9 Å². The van der Waals surface area contributed by atoms with Gasteiger partial charge in [-0.25, -0.2) is 13.1 Å². The number of sulfonamides is 1. The Morgan fingerprint density at radius 2 is 2.18 bits per heavy atom. The van der Waals surface area contributed by atoms with Crippen molar-refractivity contribution in [2.45, 2.75) is 26.2 Å². The molecular weight excluding hydrogens is 246 g/mol. The fourth-order valence-electron chi connectivity index (χ4n) is 1.23. The summed E-state index contributed by atoms with van der Waals surface area (Å²) in [7, 11) is -3.27. The summed E-state index contributed by atoms with van der Waals surface area (Å²) < 4.78 is 30.2. The summed E-state index contributed by atoms with van der Waals surface area (Å²) in [6.07, 6.45) is 1.31. The van der Waals surface area contributed by atoms with Crippen LogP contribution in [0, 0.1) is 6.92 Å². The number of hydrogen-bond donors (Lipinski definition) is 2. The molecule has 8 heteroatoms. The van der Waals surface area contributed by atoms with Gasteiger partial charge in [0.2, 0.25) is 15.9 Å². The van der Waals surface area contributed by atoms with Crippen LogP contribution in [0.3, 0.4) is 0 Å². The Kier molecular flexibility index (Phi) is 5.52. The third-order valence-corrected chi connectivity index (χ3v) is 3.52. The monoisotopic (exact) mass is 263 g/mol. The maximum Gasteiger partial charge on any atom is 0.227 e. The number of hydrogen-bond acceptors (Lipinski definition) is 6. The van der Waals surface area contributed by atoms with Crippen LogP contribution in [0.25, 0.3) is 0 Å². The van der Waals surface area contributed by atoms with Crippen molar-refractivity contribution in [3.63, 3.8) is 0 Å². The largest absolute Gasteiger partial charge is 0.396 e. The van der Waals surface area contributed by atoms with Crippen LogP contribution in [-0.4, -0.2) is 42.6 Å². The normalized spacial score (nSPS) is 11.9. The highest BCUT2D eigenvalue weighted by Crippen LogP contribution is 1.97. The standard InChI is InChI=1S/C9H17N3O4S/c1-8-11-9(16-12-8)4-5-10-17(14,15)7-3-2-6-13/h10,13H,2-7H2,1H3. The predicted octanol–water partition coefficient (Wildman–Crippen LogP) is -0.388. The first-order valence-electron chi connectivity index (χ1n) is 5.41. The Morgan fingerprint density at radius 3 is 2.76 bits per heavy atom. The topological polar surface area (TPSA) is 105 Å². The second kappa shape index (κ2) is 6.67. The van der Waals surface area contributed by atoms with E-state index in [9.17, 15) is 8.42 Å². The van der Waals surface area contributed by atoms with Crippen LogP contribution in [0.15, 0.2) is 4.52 Å². The van der Waals surface area contributed by atoms with E-state index in [1.807, 2.05) is 0 Å². The second-order valence-corrected chi connectivity index (χ2v) is 5.56. The maximum atomic E-state index is 11.4. The highest BCUT2D eigenvalue weighted by atomic mass is 32.2. The molecule has 0 amide bonds. The minimum absolute atomic E-state index is 0.0107.